The molecule has 0 amide bonds. The predicted octanol–water partition coefficient (Wildman–Crippen LogP) is 2.85. The number of pyridine rings is 1. The van der Waals surface area contributed by atoms with E-state index in [1.165, 1.54) is 0 Å². The second-order valence-electron chi connectivity index (χ2n) is 2.81. The van der Waals surface area contributed by atoms with E-state index in [4.69, 9.17) is 0 Å². The monoisotopic (exact) mass is 315 g/mol. The average Bonchev–Trinajstić information content (AvgIpc) is 2.51. The minimum absolute atomic E-state index is 0.686. The van der Waals surface area contributed by atoms with E-state index in [9.17, 15) is 0 Å². The first-order valence-electron chi connectivity index (χ1n) is 4.03. The molecule has 0 fully saturated rings. The van der Waals surface area contributed by atoms with Crippen LogP contribution in [0.5, 0.6) is 0 Å². The minimum atomic E-state index is 0.686. The van der Waals surface area contributed by atoms with E-state index in [1.54, 1.807) is 6.20 Å². The molecule has 72 valence electrons. The summed E-state index contributed by atoms with van der Waals surface area (Å²) in [6, 6.07) is 5.84. The lowest BCUT2D eigenvalue weighted by molar-refractivity contribution is 0.671. The SMILES string of the molecule is Brc1cnn(Cc2cccc(Br)n2)c1. The fourth-order valence-electron chi connectivity index (χ4n) is 1.13. The summed E-state index contributed by atoms with van der Waals surface area (Å²) in [6.07, 6.45) is 3.68. The second kappa shape index (κ2) is 4.23. The summed E-state index contributed by atoms with van der Waals surface area (Å²) >= 11 is 6.68. The molecular weight excluding hydrogens is 310 g/mol. The minimum Gasteiger partial charge on any atom is -0.266 e. The summed E-state index contributed by atoms with van der Waals surface area (Å²) in [7, 11) is 0. The van der Waals surface area contributed by atoms with E-state index in [2.05, 4.69) is 41.9 Å². The fourth-order valence-corrected chi connectivity index (χ4v) is 1.84. The van der Waals surface area contributed by atoms with Crippen LogP contribution in [0.1, 0.15) is 5.69 Å². The Bertz CT molecular complexity index is 439. The van der Waals surface area contributed by atoms with Crippen LogP contribution in [0.25, 0.3) is 0 Å². The van der Waals surface area contributed by atoms with Gasteiger partial charge in [-0.3, -0.25) is 4.68 Å². The molecule has 2 aromatic rings. The maximum Gasteiger partial charge on any atom is 0.106 e. The molecule has 0 aliphatic heterocycles. The predicted molar refractivity (Wildman–Crippen MR) is 61.0 cm³/mol. The van der Waals surface area contributed by atoms with Crippen LogP contribution < -0.4 is 0 Å². The maximum atomic E-state index is 4.32. The Morgan fingerprint density at radius 2 is 2.14 bits per heavy atom. The van der Waals surface area contributed by atoms with Gasteiger partial charge in [-0.2, -0.15) is 5.10 Å². The van der Waals surface area contributed by atoms with Crippen LogP contribution in [0, 0.1) is 0 Å². The number of nitrogens with zero attached hydrogens (tertiary/aromatic N) is 3. The van der Waals surface area contributed by atoms with Gasteiger partial charge in [0.25, 0.3) is 0 Å². The second-order valence-corrected chi connectivity index (χ2v) is 4.54. The Hall–Kier alpha value is -0.680. The zero-order valence-electron chi connectivity index (χ0n) is 7.19. The molecule has 2 heterocycles. The molecule has 0 atom stereocenters. The molecule has 0 saturated carbocycles. The van der Waals surface area contributed by atoms with Crippen LogP contribution in [0.15, 0.2) is 39.7 Å². The van der Waals surface area contributed by atoms with Gasteiger partial charge in [0.1, 0.15) is 4.60 Å². The summed E-state index contributed by atoms with van der Waals surface area (Å²) in [5.41, 5.74) is 0.981. The van der Waals surface area contributed by atoms with Gasteiger partial charge in [0, 0.05) is 6.20 Å². The van der Waals surface area contributed by atoms with Gasteiger partial charge in [-0.05, 0) is 44.0 Å². The third kappa shape index (κ3) is 2.42. The van der Waals surface area contributed by atoms with Gasteiger partial charge in [-0.1, -0.05) is 6.07 Å². The highest BCUT2D eigenvalue weighted by molar-refractivity contribution is 9.10. The van der Waals surface area contributed by atoms with Gasteiger partial charge in [-0.25, -0.2) is 4.98 Å². The molecule has 0 aromatic carbocycles. The summed E-state index contributed by atoms with van der Waals surface area (Å²) < 4.78 is 3.66. The molecule has 5 heteroatoms. The van der Waals surface area contributed by atoms with Crippen molar-refractivity contribution in [2.45, 2.75) is 6.54 Å². The lowest BCUT2D eigenvalue weighted by Gasteiger charge is -2.00. The quantitative estimate of drug-likeness (QED) is 0.798. The Labute approximate surface area is 98.4 Å². The Morgan fingerprint density at radius 1 is 1.29 bits per heavy atom. The Balaban J connectivity index is 2.18. The van der Waals surface area contributed by atoms with Crippen molar-refractivity contribution in [2.75, 3.05) is 0 Å². The molecular formula is C9H7Br2N3. The molecule has 0 bridgehead atoms. The third-order valence-electron chi connectivity index (χ3n) is 1.70. The third-order valence-corrected chi connectivity index (χ3v) is 2.55. The average molecular weight is 317 g/mol. The van der Waals surface area contributed by atoms with Gasteiger partial charge in [0.2, 0.25) is 0 Å². The highest BCUT2D eigenvalue weighted by Gasteiger charge is 1.98. The van der Waals surface area contributed by atoms with E-state index >= 15 is 0 Å². The number of aromatic nitrogens is 3. The van der Waals surface area contributed by atoms with E-state index in [0.29, 0.717) is 6.54 Å². The van der Waals surface area contributed by atoms with Crippen molar-refractivity contribution in [3.8, 4) is 0 Å². The van der Waals surface area contributed by atoms with Crippen LogP contribution in [-0.2, 0) is 6.54 Å². The van der Waals surface area contributed by atoms with Crippen molar-refractivity contribution in [1.29, 1.82) is 0 Å². The Morgan fingerprint density at radius 3 is 2.79 bits per heavy atom. The highest BCUT2D eigenvalue weighted by atomic mass is 79.9. The normalized spacial score (nSPS) is 10.4. The number of rotatable bonds is 2. The molecule has 0 unspecified atom stereocenters. The molecule has 0 aliphatic carbocycles. The fraction of sp³-hybridized carbons (Fsp3) is 0.111. The molecule has 0 N–H and O–H groups in total. The largest absolute Gasteiger partial charge is 0.266 e. The van der Waals surface area contributed by atoms with Crippen molar-refractivity contribution in [1.82, 2.24) is 14.8 Å². The van der Waals surface area contributed by atoms with Gasteiger partial charge in [-0.15, -0.1) is 0 Å². The number of halogens is 2. The van der Waals surface area contributed by atoms with Crippen LogP contribution >= 0.6 is 31.9 Å². The lowest BCUT2D eigenvalue weighted by Crippen LogP contribution is -2.01. The van der Waals surface area contributed by atoms with E-state index in [-0.39, 0.29) is 0 Å². The van der Waals surface area contributed by atoms with Crippen LogP contribution in [0.2, 0.25) is 0 Å². The van der Waals surface area contributed by atoms with Crippen LogP contribution in [0.4, 0.5) is 0 Å². The molecule has 2 aromatic heterocycles. The van der Waals surface area contributed by atoms with Crippen molar-refractivity contribution in [2.24, 2.45) is 0 Å². The zero-order chi connectivity index (χ0) is 9.97. The standard InChI is InChI=1S/C9H7Br2N3/c10-7-4-12-14(5-7)6-8-2-1-3-9(11)13-8/h1-5H,6H2. The summed E-state index contributed by atoms with van der Waals surface area (Å²) in [4.78, 5) is 4.32. The van der Waals surface area contributed by atoms with Crippen LogP contribution in [0.3, 0.4) is 0 Å². The summed E-state index contributed by atoms with van der Waals surface area (Å²) in [5.74, 6) is 0. The number of hydrogen-bond donors (Lipinski definition) is 0. The molecule has 0 radical (unpaired) electrons. The molecule has 0 aliphatic rings. The van der Waals surface area contributed by atoms with E-state index in [0.717, 1.165) is 14.8 Å². The lowest BCUT2D eigenvalue weighted by atomic mass is 10.3. The molecule has 0 saturated heterocycles. The first-order valence-corrected chi connectivity index (χ1v) is 5.62. The van der Waals surface area contributed by atoms with Gasteiger partial charge < -0.3 is 0 Å². The van der Waals surface area contributed by atoms with Crippen molar-refractivity contribution >= 4 is 31.9 Å². The first-order chi connectivity index (χ1) is 6.74. The molecule has 2 rings (SSSR count). The maximum absolute atomic E-state index is 4.32. The zero-order valence-corrected chi connectivity index (χ0v) is 10.4. The Kier molecular flexibility index (Phi) is 2.98. The smallest absolute Gasteiger partial charge is 0.106 e. The molecule has 3 nitrogen and oxygen atoms in total. The summed E-state index contributed by atoms with van der Waals surface area (Å²) in [6.45, 7) is 0.686. The van der Waals surface area contributed by atoms with Gasteiger partial charge in [0.05, 0.1) is 22.9 Å². The van der Waals surface area contributed by atoms with Gasteiger partial charge >= 0.3 is 0 Å². The number of hydrogen-bond acceptors (Lipinski definition) is 2. The molecule has 14 heavy (non-hydrogen) atoms. The van der Waals surface area contributed by atoms with Crippen molar-refractivity contribution in [3.05, 3.63) is 45.4 Å². The first kappa shape index (κ1) is 9.86. The van der Waals surface area contributed by atoms with Crippen molar-refractivity contribution in [3.63, 3.8) is 0 Å². The van der Waals surface area contributed by atoms with Crippen LogP contribution in [-0.4, -0.2) is 14.8 Å². The van der Waals surface area contributed by atoms with E-state index < -0.39 is 0 Å². The van der Waals surface area contributed by atoms with Crippen molar-refractivity contribution < 1.29 is 0 Å². The highest BCUT2D eigenvalue weighted by Crippen LogP contribution is 2.10. The van der Waals surface area contributed by atoms with E-state index in [1.807, 2.05) is 29.1 Å². The summed E-state index contributed by atoms with van der Waals surface area (Å²) in [5, 5.41) is 4.16. The topological polar surface area (TPSA) is 30.7 Å². The van der Waals surface area contributed by atoms with Gasteiger partial charge in [0.15, 0.2) is 0 Å². The molecule has 0 spiro atoms.